The Bertz CT molecular complexity index is 898. The molecule has 5 rings (SSSR count). The van der Waals surface area contributed by atoms with Gasteiger partial charge in [0.25, 0.3) is 11.8 Å². The SMILES string of the molecule is O=C1CCC(N2C(=O)c3ccc(CN[C@@H]4CCN[C@@H]5C[C@H]45)cc3C2=O)C(=O)N1. The number of rotatable bonds is 4. The third-order valence-electron chi connectivity index (χ3n) is 6.29. The first kappa shape index (κ1) is 17.5. The smallest absolute Gasteiger partial charge is 0.262 e. The highest BCUT2D eigenvalue weighted by molar-refractivity contribution is 6.23. The summed E-state index contributed by atoms with van der Waals surface area (Å²) in [4.78, 5) is 50.1. The summed E-state index contributed by atoms with van der Waals surface area (Å²) < 4.78 is 0. The van der Waals surface area contributed by atoms with Gasteiger partial charge < -0.3 is 10.6 Å². The molecule has 8 nitrogen and oxygen atoms in total. The first-order chi connectivity index (χ1) is 13.5. The van der Waals surface area contributed by atoms with Crippen molar-refractivity contribution in [3.05, 3.63) is 34.9 Å². The van der Waals surface area contributed by atoms with Gasteiger partial charge in [0, 0.05) is 25.0 Å². The molecule has 1 unspecified atom stereocenters. The van der Waals surface area contributed by atoms with E-state index in [4.69, 9.17) is 0 Å². The summed E-state index contributed by atoms with van der Waals surface area (Å²) in [6.45, 7) is 1.66. The molecule has 0 aromatic heterocycles. The molecule has 3 aliphatic heterocycles. The van der Waals surface area contributed by atoms with Crippen molar-refractivity contribution in [1.82, 2.24) is 20.9 Å². The zero-order valence-electron chi connectivity index (χ0n) is 15.4. The Balaban J connectivity index is 1.31. The van der Waals surface area contributed by atoms with Crippen LogP contribution in [0.1, 0.15) is 52.0 Å². The van der Waals surface area contributed by atoms with Crippen molar-refractivity contribution >= 4 is 23.6 Å². The van der Waals surface area contributed by atoms with Crippen molar-refractivity contribution in [3.63, 3.8) is 0 Å². The Morgan fingerprint density at radius 3 is 2.71 bits per heavy atom. The van der Waals surface area contributed by atoms with E-state index in [-0.39, 0.29) is 18.7 Å². The molecular weight excluding hydrogens is 360 g/mol. The van der Waals surface area contributed by atoms with Gasteiger partial charge in [-0.1, -0.05) is 6.07 Å². The standard InChI is InChI=1S/C20H22N4O4/c25-17-4-3-16(18(26)23-17)24-19(27)11-2-1-10(7-12(11)20(24)28)9-22-14-5-6-21-15-8-13(14)15/h1-2,7,13-16,21-22H,3-6,8-9H2,(H,23,25,26)/t13-,14-,15-,16?/m1/s1. The van der Waals surface area contributed by atoms with Crippen LogP contribution in [0.5, 0.6) is 0 Å². The molecule has 4 atom stereocenters. The molecule has 0 bridgehead atoms. The number of carbonyl (C=O) groups is 4. The van der Waals surface area contributed by atoms with E-state index in [1.54, 1.807) is 12.1 Å². The van der Waals surface area contributed by atoms with Gasteiger partial charge in [-0.15, -0.1) is 0 Å². The molecular formula is C20H22N4O4. The van der Waals surface area contributed by atoms with E-state index in [0.29, 0.717) is 35.7 Å². The fourth-order valence-corrected chi connectivity index (χ4v) is 4.66. The lowest BCUT2D eigenvalue weighted by molar-refractivity contribution is -0.136. The normalized spacial score (nSPS) is 31.5. The Kier molecular flexibility index (Phi) is 4.06. The largest absolute Gasteiger partial charge is 0.314 e. The van der Waals surface area contributed by atoms with Gasteiger partial charge in [-0.2, -0.15) is 0 Å². The molecule has 28 heavy (non-hydrogen) atoms. The monoisotopic (exact) mass is 382 g/mol. The van der Waals surface area contributed by atoms with Crippen LogP contribution in [-0.4, -0.2) is 53.2 Å². The third-order valence-corrected chi connectivity index (χ3v) is 6.29. The summed E-state index contributed by atoms with van der Waals surface area (Å²) in [6.07, 6.45) is 2.60. The number of hydrogen-bond donors (Lipinski definition) is 3. The van der Waals surface area contributed by atoms with Crippen LogP contribution < -0.4 is 16.0 Å². The molecule has 1 aliphatic carbocycles. The number of carbonyl (C=O) groups excluding carboxylic acids is 4. The fourth-order valence-electron chi connectivity index (χ4n) is 4.66. The van der Waals surface area contributed by atoms with Gasteiger partial charge in [0.05, 0.1) is 11.1 Å². The van der Waals surface area contributed by atoms with Crippen molar-refractivity contribution < 1.29 is 19.2 Å². The summed E-state index contributed by atoms with van der Waals surface area (Å²) in [6, 6.07) is 5.48. The highest BCUT2D eigenvalue weighted by atomic mass is 16.2. The average molecular weight is 382 g/mol. The third kappa shape index (κ3) is 2.84. The molecule has 1 aromatic rings. The predicted molar refractivity (Wildman–Crippen MR) is 98.3 cm³/mol. The van der Waals surface area contributed by atoms with E-state index in [2.05, 4.69) is 16.0 Å². The maximum Gasteiger partial charge on any atom is 0.262 e. The van der Waals surface area contributed by atoms with Crippen LogP contribution >= 0.6 is 0 Å². The Labute approximate surface area is 162 Å². The zero-order chi connectivity index (χ0) is 19.4. The second-order valence-electron chi connectivity index (χ2n) is 8.06. The van der Waals surface area contributed by atoms with Gasteiger partial charge in [-0.25, -0.2) is 0 Å². The predicted octanol–water partition coefficient (Wildman–Crippen LogP) is -0.0722. The number of benzene rings is 1. The lowest BCUT2D eigenvalue weighted by atomic mass is 10.0. The number of fused-ring (bicyclic) bond motifs is 2. The lowest BCUT2D eigenvalue weighted by Crippen LogP contribution is -2.54. The molecule has 4 amide bonds. The minimum Gasteiger partial charge on any atom is -0.314 e. The first-order valence-electron chi connectivity index (χ1n) is 9.84. The van der Waals surface area contributed by atoms with E-state index in [0.717, 1.165) is 23.4 Å². The van der Waals surface area contributed by atoms with Gasteiger partial charge >= 0.3 is 0 Å². The van der Waals surface area contributed by atoms with Crippen LogP contribution in [0.3, 0.4) is 0 Å². The van der Waals surface area contributed by atoms with E-state index in [9.17, 15) is 19.2 Å². The summed E-state index contributed by atoms with van der Waals surface area (Å²) in [5.74, 6) is -1.19. The van der Waals surface area contributed by atoms with E-state index >= 15 is 0 Å². The molecule has 3 fully saturated rings. The second-order valence-corrected chi connectivity index (χ2v) is 8.06. The van der Waals surface area contributed by atoms with Gasteiger partial charge in [0.1, 0.15) is 6.04 Å². The number of nitrogens with one attached hydrogen (secondary N) is 3. The minimum absolute atomic E-state index is 0.122. The van der Waals surface area contributed by atoms with Crippen LogP contribution in [0.2, 0.25) is 0 Å². The van der Waals surface area contributed by atoms with Crippen molar-refractivity contribution in [2.75, 3.05) is 6.54 Å². The minimum atomic E-state index is -0.923. The van der Waals surface area contributed by atoms with E-state index in [1.807, 2.05) is 6.07 Å². The van der Waals surface area contributed by atoms with Crippen molar-refractivity contribution in [1.29, 1.82) is 0 Å². The fraction of sp³-hybridized carbons (Fsp3) is 0.500. The summed E-state index contributed by atoms with van der Waals surface area (Å²) >= 11 is 0. The molecule has 0 spiro atoms. The first-order valence-corrected chi connectivity index (χ1v) is 9.84. The maximum absolute atomic E-state index is 12.9. The van der Waals surface area contributed by atoms with E-state index < -0.39 is 23.8 Å². The van der Waals surface area contributed by atoms with Crippen LogP contribution in [0, 0.1) is 5.92 Å². The Morgan fingerprint density at radius 2 is 1.89 bits per heavy atom. The Hall–Kier alpha value is -2.58. The highest BCUT2D eigenvalue weighted by Gasteiger charge is 2.46. The summed E-state index contributed by atoms with van der Waals surface area (Å²) in [7, 11) is 0. The van der Waals surface area contributed by atoms with Crippen molar-refractivity contribution in [2.24, 2.45) is 5.92 Å². The average Bonchev–Trinajstić information content (AvgIpc) is 3.43. The Morgan fingerprint density at radius 1 is 1.07 bits per heavy atom. The van der Waals surface area contributed by atoms with Gasteiger partial charge in [-0.05, 0) is 49.4 Å². The number of piperidine rings is 2. The number of amides is 4. The van der Waals surface area contributed by atoms with Crippen LogP contribution in [0.25, 0.3) is 0 Å². The molecule has 0 radical (unpaired) electrons. The van der Waals surface area contributed by atoms with Crippen LogP contribution in [-0.2, 0) is 16.1 Å². The summed E-state index contributed by atoms with van der Waals surface area (Å²) in [5, 5.41) is 9.28. The van der Waals surface area contributed by atoms with Crippen molar-refractivity contribution in [2.45, 2.75) is 50.4 Å². The lowest BCUT2D eigenvalue weighted by Gasteiger charge is -2.27. The number of nitrogens with zero attached hydrogens (tertiary/aromatic N) is 1. The second kappa shape index (κ2) is 6.49. The maximum atomic E-state index is 12.9. The number of imide groups is 2. The topological polar surface area (TPSA) is 108 Å². The molecule has 146 valence electrons. The summed E-state index contributed by atoms with van der Waals surface area (Å²) in [5.41, 5.74) is 1.60. The molecule has 1 saturated carbocycles. The van der Waals surface area contributed by atoms with Gasteiger partial charge in [0.15, 0.2) is 0 Å². The molecule has 1 aromatic carbocycles. The zero-order valence-corrected chi connectivity index (χ0v) is 15.4. The molecule has 4 aliphatic rings. The molecule has 8 heteroatoms. The van der Waals surface area contributed by atoms with Gasteiger partial charge in [0.2, 0.25) is 11.8 Å². The van der Waals surface area contributed by atoms with Crippen LogP contribution in [0.4, 0.5) is 0 Å². The van der Waals surface area contributed by atoms with Crippen LogP contribution in [0.15, 0.2) is 18.2 Å². The molecule has 2 saturated heterocycles. The number of hydrogen-bond acceptors (Lipinski definition) is 6. The van der Waals surface area contributed by atoms with Gasteiger partial charge in [-0.3, -0.25) is 29.4 Å². The quantitative estimate of drug-likeness (QED) is 0.629. The van der Waals surface area contributed by atoms with Crippen molar-refractivity contribution in [3.8, 4) is 0 Å². The molecule has 3 N–H and O–H groups in total. The highest BCUT2D eigenvalue weighted by Crippen LogP contribution is 2.38. The molecule has 3 heterocycles. The van der Waals surface area contributed by atoms with E-state index in [1.165, 1.54) is 6.42 Å².